The van der Waals surface area contributed by atoms with Gasteiger partial charge in [0.25, 0.3) is 0 Å². The van der Waals surface area contributed by atoms with Crippen LogP contribution in [0.2, 0.25) is 0 Å². The van der Waals surface area contributed by atoms with E-state index >= 15 is 0 Å². The van der Waals surface area contributed by atoms with Gasteiger partial charge in [0.2, 0.25) is 5.91 Å². The summed E-state index contributed by atoms with van der Waals surface area (Å²) in [5.41, 5.74) is 4.04. The second kappa shape index (κ2) is 6.64. The summed E-state index contributed by atoms with van der Waals surface area (Å²) >= 11 is 0. The molecule has 1 heterocycles. The van der Waals surface area contributed by atoms with Crippen LogP contribution in [0.25, 0.3) is 0 Å². The molecule has 0 saturated carbocycles. The zero-order valence-electron chi connectivity index (χ0n) is 14.6. The summed E-state index contributed by atoms with van der Waals surface area (Å²) in [5.74, 6) is -0.635. The number of carbonyl (C=O) groups is 3. The molecular formula is C15H27N3O5. The fraction of sp³-hybridized carbons (Fsp3) is 0.800. The zero-order valence-corrected chi connectivity index (χ0v) is 14.6. The fourth-order valence-electron chi connectivity index (χ4n) is 2.21. The minimum Gasteiger partial charge on any atom is -0.444 e. The SMILES string of the molecule is CC(C)(C)OC(=O)N[C@H]1C[C@@H](C(N)=O)N(C(=O)OC(C)(C)C)C1. The Labute approximate surface area is 136 Å². The van der Waals surface area contributed by atoms with E-state index in [-0.39, 0.29) is 13.0 Å². The van der Waals surface area contributed by atoms with E-state index in [1.807, 2.05) is 0 Å². The molecule has 1 aliphatic rings. The summed E-state index contributed by atoms with van der Waals surface area (Å²) in [5, 5.41) is 2.65. The number of nitrogens with zero attached hydrogens (tertiary/aromatic N) is 1. The van der Waals surface area contributed by atoms with Crippen LogP contribution in [0.4, 0.5) is 9.59 Å². The van der Waals surface area contributed by atoms with Crippen molar-refractivity contribution in [3.05, 3.63) is 0 Å². The van der Waals surface area contributed by atoms with Crippen LogP contribution in [-0.2, 0) is 14.3 Å². The Bertz CT molecular complexity index is 478. The first-order valence-electron chi connectivity index (χ1n) is 7.57. The molecule has 3 amide bonds. The number of carbonyl (C=O) groups excluding carboxylic acids is 3. The Balaban J connectivity index is 2.73. The maximum absolute atomic E-state index is 12.2. The van der Waals surface area contributed by atoms with Crippen LogP contribution in [0.3, 0.4) is 0 Å². The van der Waals surface area contributed by atoms with Crippen LogP contribution in [0.15, 0.2) is 0 Å². The first kappa shape index (κ1) is 19.1. The third-order valence-corrected chi connectivity index (χ3v) is 2.98. The summed E-state index contributed by atoms with van der Waals surface area (Å²) in [6.07, 6.45) is -1.00. The van der Waals surface area contributed by atoms with Crippen LogP contribution in [-0.4, -0.2) is 52.8 Å². The zero-order chi connectivity index (χ0) is 18.0. The molecule has 0 aromatic rings. The highest BCUT2D eigenvalue weighted by atomic mass is 16.6. The molecular weight excluding hydrogens is 302 g/mol. The van der Waals surface area contributed by atoms with Crippen molar-refractivity contribution < 1.29 is 23.9 Å². The van der Waals surface area contributed by atoms with E-state index < -0.39 is 41.4 Å². The van der Waals surface area contributed by atoms with E-state index in [1.54, 1.807) is 41.5 Å². The second-order valence-electron chi connectivity index (χ2n) is 7.63. The number of hydrogen-bond donors (Lipinski definition) is 2. The van der Waals surface area contributed by atoms with Gasteiger partial charge in [-0.1, -0.05) is 0 Å². The van der Waals surface area contributed by atoms with Crippen molar-refractivity contribution >= 4 is 18.1 Å². The van der Waals surface area contributed by atoms with Gasteiger partial charge in [-0.15, -0.1) is 0 Å². The molecule has 0 aromatic carbocycles. The van der Waals surface area contributed by atoms with Gasteiger partial charge in [-0.2, -0.15) is 0 Å². The predicted molar refractivity (Wildman–Crippen MR) is 83.7 cm³/mol. The van der Waals surface area contributed by atoms with Crippen LogP contribution >= 0.6 is 0 Å². The Morgan fingerprint density at radius 1 is 1.04 bits per heavy atom. The van der Waals surface area contributed by atoms with E-state index in [1.165, 1.54) is 4.90 Å². The van der Waals surface area contributed by atoms with Crippen molar-refractivity contribution in [3.63, 3.8) is 0 Å². The van der Waals surface area contributed by atoms with Gasteiger partial charge < -0.3 is 20.5 Å². The quantitative estimate of drug-likeness (QED) is 0.795. The average molecular weight is 329 g/mol. The lowest BCUT2D eigenvalue weighted by atomic mass is 10.1. The second-order valence-corrected chi connectivity index (χ2v) is 7.63. The molecule has 0 aliphatic carbocycles. The lowest BCUT2D eigenvalue weighted by Gasteiger charge is -2.27. The lowest BCUT2D eigenvalue weighted by molar-refractivity contribution is -0.122. The molecule has 3 N–H and O–H groups in total. The summed E-state index contributed by atoms with van der Waals surface area (Å²) in [6, 6.07) is -1.24. The summed E-state index contributed by atoms with van der Waals surface area (Å²) in [6.45, 7) is 10.6. The largest absolute Gasteiger partial charge is 0.444 e. The van der Waals surface area contributed by atoms with Crippen LogP contribution in [0.5, 0.6) is 0 Å². The van der Waals surface area contributed by atoms with Gasteiger partial charge in [0.1, 0.15) is 17.2 Å². The van der Waals surface area contributed by atoms with Crippen molar-refractivity contribution in [2.24, 2.45) is 5.73 Å². The third kappa shape index (κ3) is 6.33. The highest BCUT2D eigenvalue weighted by Gasteiger charge is 2.41. The minimum atomic E-state index is -0.815. The molecule has 1 rings (SSSR count). The van der Waals surface area contributed by atoms with E-state index in [9.17, 15) is 14.4 Å². The molecule has 0 bridgehead atoms. The van der Waals surface area contributed by atoms with Gasteiger partial charge >= 0.3 is 12.2 Å². The van der Waals surface area contributed by atoms with Crippen LogP contribution in [0.1, 0.15) is 48.0 Å². The molecule has 1 aliphatic heterocycles. The Hall–Kier alpha value is -1.99. The van der Waals surface area contributed by atoms with E-state index in [2.05, 4.69) is 5.32 Å². The van der Waals surface area contributed by atoms with Gasteiger partial charge in [-0.05, 0) is 48.0 Å². The number of alkyl carbamates (subject to hydrolysis) is 1. The Kier molecular flexibility index (Phi) is 5.50. The standard InChI is InChI=1S/C15H27N3O5/c1-14(2,3)22-12(20)17-9-7-10(11(16)19)18(8-9)13(21)23-15(4,5)6/h9-10H,7-8H2,1-6H3,(H2,16,19)(H,17,20)/t9-,10-/m0/s1. The number of nitrogens with one attached hydrogen (secondary N) is 1. The number of nitrogens with two attached hydrogens (primary N) is 1. The molecule has 0 spiro atoms. The minimum absolute atomic E-state index is 0.141. The molecule has 2 atom stereocenters. The number of primary amides is 1. The molecule has 132 valence electrons. The molecule has 23 heavy (non-hydrogen) atoms. The van der Waals surface area contributed by atoms with E-state index in [0.717, 1.165) is 0 Å². The van der Waals surface area contributed by atoms with E-state index in [0.29, 0.717) is 0 Å². The summed E-state index contributed by atoms with van der Waals surface area (Å²) in [7, 11) is 0. The Morgan fingerprint density at radius 2 is 1.57 bits per heavy atom. The maximum atomic E-state index is 12.2. The van der Waals surface area contributed by atoms with Gasteiger partial charge in [0.15, 0.2) is 0 Å². The monoisotopic (exact) mass is 329 g/mol. The fourth-order valence-corrected chi connectivity index (χ4v) is 2.21. The topological polar surface area (TPSA) is 111 Å². The number of rotatable bonds is 2. The lowest BCUT2D eigenvalue weighted by Crippen LogP contribution is -2.46. The molecule has 0 radical (unpaired) electrons. The van der Waals surface area contributed by atoms with Gasteiger partial charge in [0, 0.05) is 6.54 Å². The smallest absolute Gasteiger partial charge is 0.411 e. The number of hydrogen-bond acceptors (Lipinski definition) is 5. The van der Waals surface area contributed by atoms with Crippen molar-refractivity contribution in [3.8, 4) is 0 Å². The average Bonchev–Trinajstić information content (AvgIpc) is 2.67. The molecule has 8 heteroatoms. The van der Waals surface area contributed by atoms with Gasteiger partial charge in [-0.25, -0.2) is 9.59 Å². The van der Waals surface area contributed by atoms with Crippen molar-refractivity contribution in [2.75, 3.05) is 6.54 Å². The van der Waals surface area contributed by atoms with Crippen LogP contribution < -0.4 is 11.1 Å². The maximum Gasteiger partial charge on any atom is 0.411 e. The molecule has 0 unspecified atom stereocenters. The van der Waals surface area contributed by atoms with Crippen molar-refractivity contribution in [1.29, 1.82) is 0 Å². The third-order valence-electron chi connectivity index (χ3n) is 2.98. The summed E-state index contributed by atoms with van der Waals surface area (Å²) in [4.78, 5) is 36.8. The molecule has 8 nitrogen and oxygen atoms in total. The van der Waals surface area contributed by atoms with E-state index in [4.69, 9.17) is 15.2 Å². The highest BCUT2D eigenvalue weighted by molar-refractivity contribution is 5.85. The molecule has 1 saturated heterocycles. The predicted octanol–water partition coefficient (Wildman–Crippen LogP) is 1.37. The normalized spacial score (nSPS) is 21.7. The van der Waals surface area contributed by atoms with Crippen LogP contribution in [0, 0.1) is 0 Å². The first-order chi connectivity index (χ1) is 10.3. The number of ether oxygens (including phenoxy) is 2. The highest BCUT2D eigenvalue weighted by Crippen LogP contribution is 2.21. The van der Waals surface area contributed by atoms with Crippen molar-refractivity contribution in [2.45, 2.75) is 71.2 Å². The molecule has 1 fully saturated rings. The Morgan fingerprint density at radius 3 is 2.00 bits per heavy atom. The molecule has 0 aromatic heterocycles. The number of likely N-dealkylation sites (tertiary alicyclic amines) is 1. The first-order valence-corrected chi connectivity index (χ1v) is 7.57. The van der Waals surface area contributed by atoms with Gasteiger partial charge in [-0.3, -0.25) is 9.69 Å². The van der Waals surface area contributed by atoms with Crippen molar-refractivity contribution in [1.82, 2.24) is 10.2 Å². The summed E-state index contributed by atoms with van der Waals surface area (Å²) < 4.78 is 10.4. The van der Waals surface area contributed by atoms with Gasteiger partial charge in [0.05, 0.1) is 6.04 Å². The number of amides is 3.